The molecule has 5 rings (SSSR count). The van der Waals surface area contributed by atoms with Crippen LogP contribution in [0.1, 0.15) is 30.0 Å². The molecule has 1 aliphatic carbocycles. The Morgan fingerprint density at radius 2 is 1.89 bits per heavy atom. The second-order valence-electron chi connectivity index (χ2n) is 7.34. The van der Waals surface area contributed by atoms with E-state index in [4.69, 9.17) is 11.6 Å². The van der Waals surface area contributed by atoms with Crippen molar-refractivity contribution in [2.45, 2.75) is 30.4 Å². The van der Waals surface area contributed by atoms with Crippen LogP contribution in [0, 0.1) is 0 Å². The zero-order valence-electron chi connectivity index (χ0n) is 14.7. The van der Waals surface area contributed by atoms with Gasteiger partial charge < -0.3 is 14.6 Å². The van der Waals surface area contributed by atoms with E-state index in [1.165, 1.54) is 11.1 Å². The van der Waals surface area contributed by atoms with Crippen LogP contribution in [0.15, 0.2) is 55.1 Å². The molecule has 1 N–H and O–H groups in total. The summed E-state index contributed by atoms with van der Waals surface area (Å²) in [4.78, 5) is 6.40. The number of benzene rings is 1. The first-order valence-corrected chi connectivity index (χ1v) is 9.56. The number of hydrogen-bond acceptors (Lipinski definition) is 5. The molecule has 3 aromatic rings. The number of rotatable bonds is 2. The molecule has 138 valence electrons. The van der Waals surface area contributed by atoms with E-state index < -0.39 is 6.10 Å². The van der Waals surface area contributed by atoms with Crippen molar-refractivity contribution in [1.82, 2.24) is 19.7 Å². The molecule has 1 saturated heterocycles. The Morgan fingerprint density at radius 3 is 2.59 bits per heavy atom. The highest BCUT2D eigenvalue weighted by Crippen LogP contribution is 2.52. The molecule has 2 atom stereocenters. The monoisotopic (exact) mass is 381 g/mol. The Kier molecular flexibility index (Phi) is 3.91. The number of aromatic nitrogens is 4. The van der Waals surface area contributed by atoms with Gasteiger partial charge in [-0.25, -0.2) is 4.98 Å². The molecule has 0 radical (unpaired) electrons. The molecule has 0 bridgehead atoms. The lowest BCUT2D eigenvalue weighted by molar-refractivity contribution is 0.0492. The van der Waals surface area contributed by atoms with E-state index in [0.29, 0.717) is 5.15 Å². The smallest absolute Gasteiger partial charge is 0.151 e. The lowest BCUT2D eigenvalue weighted by Gasteiger charge is -2.43. The highest BCUT2D eigenvalue weighted by atomic mass is 35.5. The van der Waals surface area contributed by atoms with Crippen LogP contribution in [-0.4, -0.2) is 44.0 Å². The number of fused-ring (bicyclic) bond motifs is 2. The summed E-state index contributed by atoms with van der Waals surface area (Å²) >= 11 is 5.86. The lowest BCUT2D eigenvalue weighted by atomic mass is 9.72. The van der Waals surface area contributed by atoms with Crippen molar-refractivity contribution in [3.8, 4) is 0 Å². The topological polar surface area (TPSA) is 67.1 Å². The van der Waals surface area contributed by atoms with Crippen LogP contribution in [0.5, 0.6) is 0 Å². The maximum Gasteiger partial charge on any atom is 0.151 e. The van der Waals surface area contributed by atoms with Gasteiger partial charge in [0.05, 0.1) is 18.5 Å². The molecule has 27 heavy (non-hydrogen) atoms. The molecule has 6 nitrogen and oxygen atoms in total. The maximum absolute atomic E-state index is 11.4. The first-order chi connectivity index (χ1) is 13.2. The summed E-state index contributed by atoms with van der Waals surface area (Å²) in [7, 11) is 0. The van der Waals surface area contributed by atoms with Gasteiger partial charge in [0.2, 0.25) is 0 Å². The average molecular weight is 382 g/mol. The van der Waals surface area contributed by atoms with E-state index in [2.05, 4.69) is 38.3 Å². The standard InChI is InChI=1S/C20H20ClN5O/c21-16-5-6-17(24-23-16)25-10-7-20(8-11-25)15-4-2-1-3-14(15)18(19(20)27)26-12-9-22-13-26/h1-6,9,12-13,18-19,27H,7-8,10-11H2/t18-,19+/m1/s1. The zero-order valence-corrected chi connectivity index (χ0v) is 15.5. The summed E-state index contributed by atoms with van der Waals surface area (Å²) in [6.45, 7) is 1.64. The molecular weight excluding hydrogens is 362 g/mol. The van der Waals surface area contributed by atoms with Gasteiger partial charge in [-0.1, -0.05) is 35.9 Å². The fourth-order valence-corrected chi connectivity index (χ4v) is 4.88. The maximum atomic E-state index is 11.4. The van der Waals surface area contributed by atoms with Crippen LogP contribution in [0.3, 0.4) is 0 Å². The summed E-state index contributed by atoms with van der Waals surface area (Å²) in [5.74, 6) is 0.834. The average Bonchev–Trinajstić information content (AvgIpc) is 3.30. The highest BCUT2D eigenvalue weighted by molar-refractivity contribution is 6.29. The van der Waals surface area contributed by atoms with Gasteiger partial charge in [-0.15, -0.1) is 10.2 Å². The van der Waals surface area contributed by atoms with Gasteiger partial charge in [-0.3, -0.25) is 0 Å². The Labute approximate surface area is 162 Å². The Hall–Kier alpha value is -2.44. The van der Waals surface area contributed by atoms with Crippen molar-refractivity contribution >= 4 is 17.4 Å². The molecule has 0 unspecified atom stereocenters. The van der Waals surface area contributed by atoms with Crippen LogP contribution >= 0.6 is 11.6 Å². The summed E-state index contributed by atoms with van der Waals surface area (Å²) in [5, 5.41) is 20.0. The SMILES string of the molecule is O[C@H]1[C@H](n2ccnc2)c2ccccc2C12CCN(c1ccc(Cl)nn1)CC2. The summed E-state index contributed by atoms with van der Waals surface area (Å²) < 4.78 is 2.02. The van der Waals surface area contributed by atoms with E-state index >= 15 is 0 Å². The highest BCUT2D eigenvalue weighted by Gasteiger charge is 2.53. The third-order valence-electron chi connectivity index (χ3n) is 6.12. The van der Waals surface area contributed by atoms with Crippen LogP contribution in [0.25, 0.3) is 0 Å². The summed E-state index contributed by atoms with van der Waals surface area (Å²) in [6.07, 6.45) is 6.73. The molecule has 1 spiro atoms. The Morgan fingerprint density at radius 1 is 1.07 bits per heavy atom. The van der Waals surface area contributed by atoms with Crippen molar-refractivity contribution < 1.29 is 5.11 Å². The number of anilines is 1. The molecule has 7 heteroatoms. The van der Waals surface area contributed by atoms with Crippen LogP contribution in [-0.2, 0) is 5.41 Å². The van der Waals surface area contributed by atoms with Gasteiger partial charge in [-0.05, 0) is 36.1 Å². The van der Waals surface area contributed by atoms with E-state index in [1.54, 1.807) is 18.6 Å². The van der Waals surface area contributed by atoms with Crippen molar-refractivity contribution in [1.29, 1.82) is 0 Å². The Bertz CT molecular complexity index is 935. The minimum Gasteiger partial charge on any atom is -0.390 e. The largest absolute Gasteiger partial charge is 0.390 e. The molecule has 1 aromatic carbocycles. The third-order valence-corrected chi connectivity index (χ3v) is 6.33. The molecule has 3 heterocycles. The van der Waals surface area contributed by atoms with E-state index in [9.17, 15) is 5.11 Å². The van der Waals surface area contributed by atoms with Crippen molar-refractivity contribution in [2.75, 3.05) is 18.0 Å². The van der Waals surface area contributed by atoms with Crippen LogP contribution < -0.4 is 4.90 Å². The van der Waals surface area contributed by atoms with Gasteiger partial charge in [-0.2, -0.15) is 0 Å². The number of aliphatic hydroxyl groups excluding tert-OH is 1. The number of aliphatic hydroxyl groups is 1. The van der Waals surface area contributed by atoms with Gasteiger partial charge in [0.1, 0.15) is 0 Å². The fraction of sp³-hybridized carbons (Fsp3) is 0.350. The van der Waals surface area contributed by atoms with Gasteiger partial charge in [0.15, 0.2) is 11.0 Å². The third kappa shape index (κ3) is 2.55. The van der Waals surface area contributed by atoms with Gasteiger partial charge in [0, 0.05) is 30.9 Å². The molecule has 2 aliphatic rings. The second kappa shape index (κ2) is 6.32. The van der Waals surface area contributed by atoms with Crippen molar-refractivity contribution in [2.24, 2.45) is 0 Å². The number of imidazole rings is 1. The normalized spacial score (nSPS) is 23.6. The van der Waals surface area contributed by atoms with Crippen molar-refractivity contribution in [3.05, 3.63) is 71.4 Å². The van der Waals surface area contributed by atoms with Gasteiger partial charge in [0.25, 0.3) is 0 Å². The van der Waals surface area contributed by atoms with Gasteiger partial charge >= 0.3 is 0 Å². The molecule has 1 aliphatic heterocycles. The van der Waals surface area contributed by atoms with E-state index in [-0.39, 0.29) is 11.5 Å². The molecule has 0 amide bonds. The van der Waals surface area contributed by atoms with Crippen molar-refractivity contribution in [3.63, 3.8) is 0 Å². The number of halogens is 1. The van der Waals surface area contributed by atoms with E-state index in [1.807, 2.05) is 22.9 Å². The summed E-state index contributed by atoms with van der Waals surface area (Å²) in [5.41, 5.74) is 2.21. The molecule has 1 fully saturated rings. The first kappa shape index (κ1) is 16.7. The first-order valence-electron chi connectivity index (χ1n) is 9.18. The number of piperidine rings is 1. The molecular formula is C20H20ClN5O. The predicted octanol–water partition coefficient (Wildman–Crippen LogP) is 2.83. The molecule has 0 saturated carbocycles. The predicted molar refractivity (Wildman–Crippen MR) is 103 cm³/mol. The quantitative estimate of drug-likeness (QED) is 0.739. The number of hydrogen-bond donors (Lipinski definition) is 1. The minimum absolute atomic E-state index is 0.0921. The number of nitrogens with zero attached hydrogens (tertiary/aromatic N) is 5. The zero-order chi connectivity index (χ0) is 18.4. The molecule has 2 aromatic heterocycles. The Balaban J connectivity index is 1.47. The van der Waals surface area contributed by atoms with Crippen LogP contribution in [0.2, 0.25) is 5.15 Å². The second-order valence-corrected chi connectivity index (χ2v) is 7.73. The minimum atomic E-state index is -0.484. The lowest BCUT2D eigenvalue weighted by Crippen LogP contribution is -2.48. The van der Waals surface area contributed by atoms with Crippen LogP contribution in [0.4, 0.5) is 5.82 Å². The fourth-order valence-electron chi connectivity index (χ4n) is 4.78. The summed E-state index contributed by atoms with van der Waals surface area (Å²) in [6, 6.07) is 12.0. The van der Waals surface area contributed by atoms with E-state index in [0.717, 1.165) is 31.7 Å².